The maximum absolute atomic E-state index is 12.1. The molecule has 0 aliphatic heterocycles. The molecule has 0 bridgehead atoms. The molecule has 12 nitrogen and oxygen atoms in total. The lowest BCUT2D eigenvalue weighted by atomic mass is 10.2. The van der Waals surface area contributed by atoms with Crippen LogP contribution in [0.1, 0.15) is 5.56 Å². The van der Waals surface area contributed by atoms with Crippen LogP contribution in [0.4, 0.5) is 17.1 Å². The molecule has 2 aromatic carbocycles. The monoisotopic (exact) mass is 455 g/mol. The van der Waals surface area contributed by atoms with Gasteiger partial charge in [-0.25, -0.2) is 13.8 Å². The minimum absolute atomic E-state index is 0.0763. The summed E-state index contributed by atoms with van der Waals surface area (Å²) < 4.78 is 24.8. The van der Waals surface area contributed by atoms with Gasteiger partial charge in [0.1, 0.15) is 6.54 Å². The number of halogens is 1. The number of nitrogens with zero attached hydrogens (tertiary/aromatic N) is 4. The summed E-state index contributed by atoms with van der Waals surface area (Å²) in [6.45, 7) is -0.708. The Morgan fingerprint density at radius 3 is 2.40 bits per heavy atom. The Bertz CT molecular complexity index is 1140. The summed E-state index contributed by atoms with van der Waals surface area (Å²) in [5.74, 6) is -0.857. The van der Waals surface area contributed by atoms with Crippen LogP contribution in [0, 0.1) is 20.2 Å². The molecule has 1 amide bonds. The molecule has 1 N–H and O–H groups in total. The quantitative estimate of drug-likeness (QED) is 0.361. The molecule has 0 aliphatic rings. The number of anilines is 1. The summed E-state index contributed by atoms with van der Waals surface area (Å²) in [4.78, 5) is 32.5. The number of amides is 1. The molecule has 0 atom stereocenters. The minimum Gasteiger partial charge on any atom is -0.271 e. The summed E-state index contributed by atoms with van der Waals surface area (Å²) in [6.07, 6.45) is 1.90. The molecule has 0 fully saturated rings. The lowest BCUT2D eigenvalue weighted by molar-refractivity contribution is -0.385. The Morgan fingerprint density at radius 2 is 1.80 bits per heavy atom. The van der Waals surface area contributed by atoms with E-state index in [4.69, 9.17) is 11.6 Å². The third kappa shape index (κ3) is 5.96. The van der Waals surface area contributed by atoms with Crippen LogP contribution in [0.5, 0.6) is 0 Å². The fourth-order valence-corrected chi connectivity index (χ4v) is 3.26. The average molecular weight is 456 g/mol. The molecule has 30 heavy (non-hydrogen) atoms. The van der Waals surface area contributed by atoms with Crippen molar-refractivity contribution in [1.29, 1.82) is 0 Å². The standard InChI is InChI=1S/C16H14ClN5O7S/c1-30(28,29)20(12-3-2-4-13(8-12)21(24)25)10-16(23)19-18-9-11-7-14(22(26)27)5-6-15(11)17/h2-9H,10H2,1H3,(H,19,23)/b18-9-. The lowest BCUT2D eigenvalue weighted by Crippen LogP contribution is -2.39. The van der Waals surface area contributed by atoms with Crippen molar-refractivity contribution >= 4 is 50.8 Å². The van der Waals surface area contributed by atoms with Gasteiger partial charge in [-0.2, -0.15) is 5.10 Å². The van der Waals surface area contributed by atoms with Crippen LogP contribution in [0.2, 0.25) is 5.02 Å². The number of hydrogen-bond acceptors (Lipinski definition) is 8. The molecule has 14 heteroatoms. The van der Waals surface area contributed by atoms with Crippen molar-refractivity contribution in [2.75, 3.05) is 17.1 Å². The number of nitrogens with one attached hydrogen (secondary N) is 1. The van der Waals surface area contributed by atoms with Crippen LogP contribution in [0.25, 0.3) is 0 Å². The number of benzene rings is 2. The Hall–Kier alpha value is -3.58. The summed E-state index contributed by atoms with van der Waals surface area (Å²) in [5, 5.41) is 25.5. The van der Waals surface area contributed by atoms with Crippen LogP contribution in [0.3, 0.4) is 0 Å². The lowest BCUT2D eigenvalue weighted by Gasteiger charge is -2.21. The normalized spacial score (nSPS) is 11.3. The van der Waals surface area contributed by atoms with Crippen LogP contribution in [0.15, 0.2) is 47.6 Å². The van der Waals surface area contributed by atoms with Gasteiger partial charge in [-0.3, -0.25) is 29.3 Å². The maximum Gasteiger partial charge on any atom is 0.271 e. The van der Waals surface area contributed by atoms with Gasteiger partial charge in [0.25, 0.3) is 17.3 Å². The summed E-state index contributed by atoms with van der Waals surface area (Å²) >= 11 is 5.91. The molecule has 2 aromatic rings. The second-order valence-corrected chi connectivity index (χ2v) is 8.12. The number of nitro groups is 2. The molecule has 2 rings (SSSR count). The minimum atomic E-state index is -3.95. The van der Waals surface area contributed by atoms with Crippen LogP contribution in [-0.4, -0.2) is 43.2 Å². The highest BCUT2D eigenvalue weighted by atomic mass is 35.5. The van der Waals surface area contributed by atoms with Crippen molar-refractivity contribution in [3.05, 3.63) is 73.3 Å². The van der Waals surface area contributed by atoms with Gasteiger partial charge in [0, 0.05) is 34.9 Å². The molecule has 0 saturated heterocycles. The van der Waals surface area contributed by atoms with Gasteiger partial charge in [0.15, 0.2) is 0 Å². The maximum atomic E-state index is 12.1. The van der Waals surface area contributed by atoms with Gasteiger partial charge >= 0.3 is 0 Å². The SMILES string of the molecule is CS(=O)(=O)N(CC(=O)N/N=C\c1cc([N+](=O)[O-])ccc1Cl)c1cccc([N+](=O)[O-])c1. The molecular weight excluding hydrogens is 442 g/mol. The Kier molecular flexibility index (Phi) is 7.02. The van der Waals surface area contributed by atoms with E-state index < -0.39 is 32.3 Å². The molecule has 0 spiro atoms. The number of sulfonamides is 1. The van der Waals surface area contributed by atoms with Crippen LogP contribution in [-0.2, 0) is 14.8 Å². The van der Waals surface area contributed by atoms with Crippen molar-refractivity contribution in [2.45, 2.75) is 0 Å². The van der Waals surface area contributed by atoms with E-state index in [9.17, 15) is 33.4 Å². The highest BCUT2D eigenvalue weighted by molar-refractivity contribution is 7.92. The number of hydrazone groups is 1. The van der Waals surface area contributed by atoms with Crippen molar-refractivity contribution in [3.8, 4) is 0 Å². The summed E-state index contributed by atoms with van der Waals surface area (Å²) in [5.41, 5.74) is 1.58. The van der Waals surface area contributed by atoms with Gasteiger partial charge in [-0.1, -0.05) is 17.7 Å². The van der Waals surface area contributed by atoms with E-state index in [1.807, 2.05) is 0 Å². The first-order valence-corrected chi connectivity index (χ1v) is 10.2. The van der Waals surface area contributed by atoms with E-state index in [2.05, 4.69) is 10.5 Å². The van der Waals surface area contributed by atoms with E-state index in [0.29, 0.717) is 4.31 Å². The van der Waals surface area contributed by atoms with Gasteiger partial charge in [0.05, 0.1) is 28.0 Å². The van der Waals surface area contributed by atoms with E-state index in [-0.39, 0.29) is 27.6 Å². The largest absolute Gasteiger partial charge is 0.271 e. The zero-order chi connectivity index (χ0) is 22.5. The summed E-state index contributed by atoms with van der Waals surface area (Å²) in [7, 11) is -3.95. The third-order valence-electron chi connectivity index (χ3n) is 3.60. The Balaban J connectivity index is 2.17. The number of rotatable bonds is 8. The molecule has 0 saturated carbocycles. The average Bonchev–Trinajstić information content (AvgIpc) is 2.66. The van der Waals surface area contributed by atoms with Gasteiger partial charge in [0.2, 0.25) is 10.0 Å². The van der Waals surface area contributed by atoms with E-state index in [1.165, 1.54) is 30.3 Å². The Morgan fingerprint density at radius 1 is 1.17 bits per heavy atom. The highest BCUT2D eigenvalue weighted by Gasteiger charge is 2.22. The van der Waals surface area contributed by atoms with Crippen LogP contribution < -0.4 is 9.73 Å². The molecule has 0 unspecified atom stereocenters. The molecule has 0 heterocycles. The zero-order valence-electron chi connectivity index (χ0n) is 15.3. The van der Waals surface area contributed by atoms with Gasteiger partial charge in [-0.05, 0) is 12.1 Å². The second-order valence-electron chi connectivity index (χ2n) is 5.80. The topological polar surface area (TPSA) is 165 Å². The fraction of sp³-hybridized carbons (Fsp3) is 0.125. The van der Waals surface area contributed by atoms with Crippen molar-refractivity contribution in [2.24, 2.45) is 5.10 Å². The second kappa shape index (κ2) is 9.28. The van der Waals surface area contributed by atoms with E-state index in [1.54, 1.807) is 0 Å². The van der Waals surface area contributed by atoms with Crippen molar-refractivity contribution in [1.82, 2.24) is 5.43 Å². The van der Waals surface area contributed by atoms with Crippen molar-refractivity contribution < 1.29 is 23.1 Å². The number of carbonyl (C=O) groups is 1. The van der Waals surface area contributed by atoms with E-state index in [0.717, 1.165) is 24.6 Å². The van der Waals surface area contributed by atoms with Crippen LogP contribution >= 0.6 is 11.6 Å². The fourth-order valence-electron chi connectivity index (χ4n) is 2.24. The first kappa shape index (κ1) is 22.7. The molecule has 0 radical (unpaired) electrons. The van der Waals surface area contributed by atoms with Gasteiger partial charge < -0.3 is 0 Å². The molecule has 0 aromatic heterocycles. The number of non-ortho nitro benzene ring substituents is 2. The predicted molar refractivity (Wildman–Crippen MR) is 109 cm³/mol. The third-order valence-corrected chi connectivity index (χ3v) is 5.08. The first-order valence-electron chi connectivity index (χ1n) is 7.97. The van der Waals surface area contributed by atoms with Crippen molar-refractivity contribution in [3.63, 3.8) is 0 Å². The molecule has 158 valence electrons. The summed E-state index contributed by atoms with van der Waals surface area (Å²) in [6, 6.07) is 8.40. The zero-order valence-corrected chi connectivity index (χ0v) is 16.8. The highest BCUT2D eigenvalue weighted by Crippen LogP contribution is 2.23. The van der Waals surface area contributed by atoms with Gasteiger partial charge in [-0.15, -0.1) is 0 Å². The number of carbonyl (C=O) groups excluding carboxylic acids is 1. The number of nitro benzene ring substituents is 2. The smallest absolute Gasteiger partial charge is 0.271 e. The molecular formula is C16H14ClN5O7S. The molecule has 0 aliphatic carbocycles. The predicted octanol–water partition coefficient (Wildman–Crippen LogP) is 2.07. The number of hydrogen-bond donors (Lipinski definition) is 1. The van der Waals surface area contributed by atoms with E-state index >= 15 is 0 Å². The Labute approximate surface area is 175 Å². The first-order chi connectivity index (χ1) is 14.0.